The van der Waals surface area contributed by atoms with Crippen molar-refractivity contribution in [3.8, 4) is 0 Å². The molecule has 0 radical (unpaired) electrons. The molecule has 0 amide bonds. The van der Waals surface area contributed by atoms with Gasteiger partial charge in [0.05, 0.1) is 5.39 Å². The zero-order valence-electron chi connectivity index (χ0n) is 8.86. The van der Waals surface area contributed by atoms with Crippen LogP contribution in [0.5, 0.6) is 0 Å². The highest BCUT2D eigenvalue weighted by atomic mass is 15.0. The smallest absolute Gasteiger partial charge is 0.142 e. The molecule has 2 rings (SSSR count). The van der Waals surface area contributed by atoms with Gasteiger partial charge in [-0.05, 0) is 18.2 Å². The molecule has 0 aliphatic heterocycles. The topological polar surface area (TPSA) is 53.6 Å². The number of aromatic amines is 1. The average molecular weight is 202 g/mol. The SMILES string of the molecule is CC(C)/C=C/Nc1ncnc2[nH]ccc12. The van der Waals surface area contributed by atoms with Gasteiger partial charge in [0.25, 0.3) is 0 Å². The van der Waals surface area contributed by atoms with Crippen LogP contribution in [0.1, 0.15) is 13.8 Å². The van der Waals surface area contributed by atoms with Crippen molar-refractivity contribution >= 4 is 16.9 Å². The van der Waals surface area contributed by atoms with Gasteiger partial charge in [-0.15, -0.1) is 0 Å². The third-order valence-corrected chi connectivity index (χ3v) is 2.06. The summed E-state index contributed by atoms with van der Waals surface area (Å²) in [5.74, 6) is 1.36. The highest BCUT2D eigenvalue weighted by molar-refractivity contribution is 5.86. The molecule has 0 bridgehead atoms. The minimum Gasteiger partial charge on any atom is -0.346 e. The van der Waals surface area contributed by atoms with E-state index in [1.807, 2.05) is 18.5 Å². The van der Waals surface area contributed by atoms with E-state index in [1.54, 1.807) is 6.33 Å². The Kier molecular flexibility index (Phi) is 2.67. The summed E-state index contributed by atoms with van der Waals surface area (Å²) in [7, 11) is 0. The van der Waals surface area contributed by atoms with E-state index in [4.69, 9.17) is 0 Å². The number of H-pyrrole nitrogens is 1. The highest BCUT2D eigenvalue weighted by Crippen LogP contribution is 2.17. The van der Waals surface area contributed by atoms with Crippen LogP contribution in [0.15, 0.2) is 30.9 Å². The average Bonchev–Trinajstić information content (AvgIpc) is 2.65. The number of fused-ring (bicyclic) bond motifs is 1. The Bertz CT molecular complexity index is 470. The van der Waals surface area contributed by atoms with Crippen LogP contribution in [-0.2, 0) is 0 Å². The first-order chi connectivity index (χ1) is 7.27. The van der Waals surface area contributed by atoms with Gasteiger partial charge >= 0.3 is 0 Å². The lowest BCUT2D eigenvalue weighted by atomic mass is 10.2. The van der Waals surface area contributed by atoms with E-state index in [0.717, 1.165) is 16.9 Å². The second-order valence-corrected chi connectivity index (χ2v) is 3.71. The summed E-state index contributed by atoms with van der Waals surface area (Å²) in [6.45, 7) is 4.26. The van der Waals surface area contributed by atoms with E-state index in [-0.39, 0.29) is 0 Å². The number of hydrogen-bond donors (Lipinski definition) is 2. The Hall–Kier alpha value is -1.84. The molecular weight excluding hydrogens is 188 g/mol. The number of hydrogen-bond acceptors (Lipinski definition) is 3. The number of allylic oxidation sites excluding steroid dienone is 1. The summed E-state index contributed by atoms with van der Waals surface area (Å²) < 4.78 is 0. The minimum atomic E-state index is 0.529. The van der Waals surface area contributed by atoms with Crippen molar-refractivity contribution in [1.82, 2.24) is 15.0 Å². The summed E-state index contributed by atoms with van der Waals surface area (Å²) in [6.07, 6.45) is 7.40. The summed E-state index contributed by atoms with van der Waals surface area (Å²) in [4.78, 5) is 11.3. The molecule has 0 unspecified atom stereocenters. The van der Waals surface area contributed by atoms with Crippen LogP contribution in [0, 0.1) is 5.92 Å². The Morgan fingerprint density at radius 3 is 3.07 bits per heavy atom. The molecule has 2 aromatic heterocycles. The summed E-state index contributed by atoms with van der Waals surface area (Å²) in [5, 5.41) is 4.16. The fraction of sp³-hybridized carbons (Fsp3) is 0.273. The lowest BCUT2D eigenvalue weighted by molar-refractivity contribution is 0.830. The standard InChI is InChI=1S/C11H14N4/c1-8(2)3-5-12-10-9-4-6-13-11(9)15-7-14-10/h3-8H,1-2H3,(H2,12,13,14,15)/b5-3+. The van der Waals surface area contributed by atoms with Crippen LogP contribution in [-0.4, -0.2) is 15.0 Å². The minimum absolute atomic E-state index is 0.529. The Morgan fingerprint density at radius 2 is 2.27 bits per heavy atom. The van der Waals surface area contributed by atoms with E-state index in [9.17, 15) is 0 Å². The maximum atomic E-state index is 4.18. The molecule has 0 fully saturated rings. The second-order valence-electron chi connectivity index (χ2n) is 3.71. The summed E-state index contributed by atoms with van der Waals surface area (Å²) in [5.41, 5.74) is 0.852. The van der Waals surface area contributed by atoms with E-state index in [0.29, 0.717) is 5.92 Å². The molecule has 0 atom stereocenters. The molecular formula is C11H14N4. The van der Waals surface area contributed by atoms with Gasteiger partial charge in [0.2, 0.25) is 0 Å². The molecule has 2 N–H and O–H groups in total. The Balaban J connectivity index is 2.24. The van der Waals surface area contributed by atoms with Crippen molar-refractivity contribution in [3.05, 3.63) is 30.9 Å². The van der Waals surface area contributed by atoms with Crippen molar-refractivity contribution in [1.29, 1.82) is 0 Å². The predicted molar refractivity (Wildman–Crippen MR) is 61.5 cm³/mol. The number of nitrogens with one attached hydrogen (secondary N) is 2. The molecule has 4 nitrogen and oxygen atoms in total. The van der Waals surface area contributed by atoms with Crippen molar-refractivity contribution in [3.63, 3.8) is 0 Å². The molecule has 2 aromatic rings. The normalized spacial score (nSPS) is 11.7. The van der Waals surface area contributed by atoms with E-state index in [2.05, 4.69) is 40.2 Å². The molecule has 0 aliphatic rings. The van der Waals surface area contributed by atoms with E-state index in [1.165, 1.54) is 0 Å². The van der Waals surface area contributed by atoms with E-state index >= 15 is 0 Å². The van der Waals surface area contributed by atoms with Gasteiger partial charge in [0, 0.05) is 6.20 Å². The Morgan fingerprint density at radius 1 is 1.40 bits per heavy atom. The van der Waals surface area contributed by atoms with Gasteiger partial charge in [-0.3, -0.25) is 0 Å². The van der Waals surface area contributed by atoms with Crippen molar-refractivity contribution < 1.29 is 0 Å². The molecule has 0 aliphatic carbocycles. The molecule has 78 valence electrons. The van der Waals surface area contributed by atoms with Gasteiger partial charge in [0.1, 0.15) is 17.8 Å². The van der Waals surface area contributed by atoms with Crippen molar-refractivity contribution in [2.24, 2.45) is 5.92 Å². The second kappa shape index (κ2) is 4.13. The van der Waals surface area contributed by atoms with Crippen LogP contribution in [0.25, 0.3) is 11.0 Å². The molecule has 4 heteroatoms. The van der Waals surface area contributed by atoms with Crippen molar-refractivity contribution in [2.75, 3.05) is 5.32 Å². The number of anilines is 1. The fourth-order valence-corrected chi connectivity index (χ4v) is 1.31. The molecule has 0 saturated carbocycles. The van der Waals surface area contributed by atoms with E-state index < -0.39 is 0 Å². The zero-order valence-corrected chi connectivity index (χ0v) is 8.86. The van der Waals surface area contributed by atoms with Crippen LogP contribution in [0.4, 0.5) is 5.82 Å². The molecule has 0 aromatic carbocycles. The fourth-order valence-electron chi connectivity index (χ4n) is 1.31. The van der Waals surface area contributed by atoms with Gasteiger partial charge in [0.15, 0.2) is 0 Å². The quantitative estimate of drug-likeness (QED) is 0.804. The molecule has 0 spiro atoms. The maximum Gasteiger partial charge on any atom is 0.142 e. The molecule has 0 saturated heterocycles. The summed E-state index contributed by atoms with van der Waals surface area (Å²) in [6, 6.07) is 1.96. The van der Waals surface area contributed by atoms with Gasteiger partial charge in [-0.2, -0.15) is 0 Å². The largest absolute Gasteiger partial charge is 0.346 e. The monoisotopic (exact) mass is 202 g/mol. The first-order valence-electron chi connectivity index (χ1n) is 4.98. The first kappa shape index (κ1) is 9.71. The summed E-state index contributed by atoms with van der Waals surface area (Å²) >= 11 is 0. The van der Waals surface area contributed by atoms with Crippen LogP contribution in [0.2, 0.25) is 0 Å². The number of rotatable bonds is 3. The van der Waals surface area contributed by atoms with Crippen LogP contribution >= 0.6 is 0 Å². The zero-order chi connectivity index (χ0) is 10.7. The molecule has 15 heavy (non-hydrogen) atoms. The third-order valence-electron chi connectivity index (χ3n) is 2.06. The predicted octanol–water partition coefficient (Wildman–Crippen LogP) is 2.54. The molecule has 2 heterocycles. The van der Waals surface area contributed by atoms with Gasteiger partial charge in [-0.1, -0.05) is 19.9 Å². The number of nitrogens with zero attached hydrogens (tertiary/aromatic N) is 2. The number of aromatic nitrogens is 3. The van der Waals surface area contributed by atoms with Gasteiger partial charge in [-0.25, -0.2) is 9.97 Å². The van der Waals surface area contributed by atoms with Crippen LogP contribution < -0.4 is 5.32 Å². The third kappa shape index (κ3) is 2.15. The highest BCUT2D eigenvalue weighted by Gasteiger charge is 2.01. The maximum absolute atomic E-state index is 4.18. The lowest BCUT2D eigenvalue weighted by Crippen LogP contribution is -1.94. The Labute approximate surface area is 88.4 Å². The first-order valence-corrected chi connectivity index (χ1v) is 4.98. The van der Waals surface area contributed by atoms with Crippen LogP contribution in [0.3, 0.4) is 0 Å². The lowest BCUT2D eigenvalue weighted by Gasteiger charge is -2.01. The van der Waals surface area contributed by atoms with Gasteiger partial charge < -0.3 is 10.3 Å². The van der Waals surface area contributed by atoms with Crippen molar-refractivity contribution in [2.45, 2.75) is 13.8 Å².